The summed E-state index contributed by atoms with van der Waals surface area (Å²) in [4.78, 5) is 12.5. The molecule has 1 aromatic rings. The number of nitrogens with two attached hydrogens (primary N) is 1. The number of benzene rings is 1. The van der Waals surface area contributed by atoms with E-state index in [0.717, 1.165) is 5.56 Å². The monoisotopic (exact) mass is 276 g/mol. The van der Waals surface area contributed by atoms with Crippen LogP contribution in [-0.2, 0) is 4.79 Å². The number of amides is 1. The zero-order valence-electron chi connectivity index (χ0n) is 13.3. The summed E-state index contributed by atoms with van der Waals surface area (Å²) < 4.78 is 0. The van der Waals surface area contributed by atoms with Gasteiger partial charge in [-0.15, -0.1) is 0 Å². The summed E-state index contributed by atoms with van der Waals surface area (Å²) in [6.45, 7) is 10.9. The molecule has 0 aliphatic heterocycles. The summed E-state index contributed by atoms with van der Waals surface area (Å²) in [5, 5.41) is 3.19. The van der Waals surface area contributed by atoms with Crippen molar-refractivity contribution >= 4 is 5.91 Å². The largest absolute Gasteiger partial charge is 0.348 e. The van der Waals surface area contributed by atoms with Gasteiger partial charge in [-0.1, -0.05) is 65.0 Å². The number of rotatable bonds is 5. The fourth-order valence-electron chi connectivity index (χ4n) is 2.38. The van der Waals surface area contributed by atoms with E-state index in [1.807, 2.05) is 32.0 Å². The summed E-state index contributed by atoms with van der Waals surface area (Å²) in [6, 6.07) is 10.1. The lowest BCUT2D eigenvalue weighted by Crippen LogP contribution is -2.43. The first-order valence-corrected chi connectivity index (χ1v) is 7.32. The van der Waals surface area contributed by atoms with Crippen molar-refractivity contribution < 1.29 is 4.79 Å². The van der Waals surface area contributed by atoms with Crippen LogP contribution in [0.2, 0.25) is 0 Å². The third-order valence-corrected chi connectivity index (χ3v) is 3.68. The molecule has 0 aliphatic carbocycles. The van der Waals surface area contributed by atoms with E-state index in [2.05, 4.69) is 38.2 Å². The number of carbonyl (C=O) groups excluding carboxylic acids is 1. The highest BCUT2D eigenvalue weighted by Gasteiger charge is 2.30. The Balaban J connectivity index is 2.95. The van der Waals surface area contributed by atoms with Crippen LogP contribution in [-0.4, -0.2) is 12.5 Å². The molecule has 1 amide bonds. The van der Waals surface area contributed by atoms with Crippen LogP contribution in [0.15, 0.2) is 30.3 Å². The lowest BCUT2D eigenvalue weighted by Gasteiger charge is -2.33. The molecule has 0 fully saturated rings. The molecule has 2 unspecified atom stereocenters. The maximum Gasteiger partial charge on any atom is 0.225 e. The molecule has 0 bridgehead atoms. The Labute approximate surface area is 122 Å². The van der Waals surface area contributed by atoms with Gasteiger partial charge in [0.15, 0.2) is 0 Å². The minimum absolute atomic E-state index is 0.0102. The number of hydrogen-bond acceptors (Lipinski definition) is 2. The van der Waals surface area contributed by atoms with Crippen molar-refractivity contribution in [2.24, 2.45) is 23.0 Å². The fraction of sp³-hybridized carbons (Fsp3) is 0.588. The molecule has 0 aromatic heterocycles. The normalized spacial score (nSPS) is 14.9. The highest BCUT2D eigenvalue weighted by molar-refractivity contribution is 5.79. The standard InChI is InChI=1S/C17H28N2O/c1-12(2)14(11-18)16(20)19-15(17(3,4)5)13-9-7-6-8-10-13/h6-10,12,14-15H,11,18H2,1-5H3,(H,19,20). The molecule has 3 heteroatoms. The average Bonchev–Trinajstić information content (AvgIpc) is 2.36. The first kappa shape index (κ1) is 16.7. The van der Waals surface area contributed by atoms with Crippen LogP contribution in [0.25, 0.3) is 0 Å². The lowest BCUT2D eigenvalue weighted by atomic mass is 9.81. The van der Waals surface area contributed by atoms with Crippen molar-refractivity contribution in [3.8, 4) is 0 Å². The quantitative estimate of drug-likeness (QED) is 0.868. The van der Waals surface area contributed by atoms with Crippen LogP contribution in [0.4, 0.5) is 0 Å². The van der Waals surface area contributed by atoms with E-state index >= 15 is 0 Å². The molecule has 0 radical (unpaired) electrons. The van der Waals surface area contributed by atoms with Crippen LogP contribution in [0.5, 0.6) is 0 Å². The molecule has 0 aliphatic rings. The summed E-state index contributed by atoms with van der Waals surface area (Å²) >= 11 is 0. The first-order valence-electron chi connectivity index (χ1n) is 7.32. The summed E-state index contributed by atoms with van der Waals surface area (Å²) in [5.74, 6) is 0.159. The predicted molar refractivity (Wildman–Crippen MR) is 84.2 cm³/mol. The van der Waals surface area contributed by atoms with Gasteiger partial charge in [-0.25, -0.2) is 0 Å². The van der Waals surface area contributed by atoms with Crippen LogP contribution < -0.4 is 11.1 Å². The lowest BCUT2D eigenvalue weighted by molar-refractivity contribution is -0.127. The molecule has 20 heavy (non-hydrogen) atoms. The predicted octanol–water partition coefficient (Wildman–Crippen LogP) is 3.12. The van der Waals surface area contributed by atoms with E-state index < -0.39 is 0 Å². The van der Waals surface area contributed by atoms with E-state index in [4.69, 9.17) is 5.73 Å². The Morgan fingerprint density at radius 2 is 1.75 bits per heavy atom. The van der Waals surface area contributed by atoms with Crippen molar-refractivity contribution in [1.29, 1.82) is 0 Å². The van der Waals surface area contributed by atoms with Gasteiger partial charge in [0.05, 0.1) is 12.0 Å². The van der Waals surface area contributed by atoms with E-state index in [1.165, 1.54) is 0 Å². The maximum atomic E-state index is 12.5. The van der Waals surface area contributed by atoms with Gasteiger partial charge in [0.2, 0.25) is 5.91 Å². The van der Waals surface area contributed by atoms with Gasteiger partial charge >= 0.3 is 0 Å². The zero-order valence-corrected chi connectivity index (χ0v) is 13.3. The third-order valence-electron chi connectivity index (χ3n) is 3.68. The molecular weight excluding hydrogens is 248 g/mol. The molecule has 0 spiro atoms. The average molecular weight is 276 g/mol. The number of nitrogens with one attached hydrogen (secondary N) is 1. The van der Waals surface area contributed by atoms with Gasteiger partial charge in [0.25, 0.3) is 0 Å². The minimum Gasteiger partial charge on any atom is -0.348 e. The van der Waals surface area contributed by atoms with Gasteiger partial charge in [-0.05, 0) is 16.9 Å². The molecule has 0 heterocycles. The van der Waals surface area contributed by atoms with Crippen LogP contribution in [0.3, 0.4) is 0 Å². The highest BCUT2D eigenvalue weighted by Crippen LogP contribution is 2.33. The Morgan fingerprint density at radius 3 is 2.15 bits per heavy atom. The molecule has 1 rings (SSSR count). The second kappa shape index (κ2) is 6.89. The van der Waals surface area contributed by atoms with Crippen LogP contribution in [0.1, 0.15) is 46.2 Å². The molecule has 112 valence electrons. The van der Waals surface area contributed by atoms with E-state index in [-0.39, 0.29) is 29.2 Å². The summed E-state index contributed by atoms with van der Waals surface area (Å²) in [6.07, 6.45) is 0. The molecule has 0 saturated heterocycles. The Hall–Kier alpha value is -1.35. The molecule has 3 nitrogen and oxygen atoms in total. The van der Waals surface area contributed by atoms with Gasteiger partial charge in [-0.2, -0.15) is 0 Å². The van der Waals surface area contributed by atoms with Crippen LogP contribution >= 0.6 is 0 Å². The van der Waals surface area contributed by atoms with E-state index in [1.54, 1.807) is 0 Å². The van der Waals surface area contributed by atoms with Gasteiger partial charge in [-0.3, -0.25) is 4.79 Å². The first-order chi connectivity index (χ1) is 9.27. The van der Waals surface area contributed by atoms with Crippen molar-refractivity contribution in [2.45, 2.75) is 40.7 Å². The van der Waals surface area contributed by atoms with E-state index in [9.17, 15) is 4.79 Å². The van der Waals surface area contributed by atoms with E-state index in [0.29, 0.717) is 6.54 Å². The van der Waals surface area contributed by atoms with Gasteiger partial charge < -0.3 is 11.1 Å². The Kier molecular flexibility index (Phi) is 5.75. The Bertz CT molecular complexity index is 420. The van der Waals surface area contributed by atoms with Gasteiger partial charge in [0, 0.05) is 6.54 Å². The Morgan fingerprint density at radius 1 is 1.20 bits per heavy atom. The molecule has 1 aromatic carbocycles. The molecular formula is C17H28N2O. The zero-order chi connectivity index (χ0) is 15.3. The van der Waals surface area contributed by atoms with Crippen molar-refractivity contribution in [3.63, 3.8) is 0 Å². The molecule has 3 N–H and O–H groups in total. The summed E-state index contributed by atoms with van der Waals surface area (Å²) in [7, 11) is 0. The fourth-order valence-corrected chi connectivity index (χ4v) is 2.38. The van der Waals surface area contributed by atoms with Crippen LogP contribution in [0, 0.1) is 17.3 Å². The highest BCUT2D eigenvalue weighted by atomic mass is 16.2. The number of hydrogen-bond donors (Lipinski definition) is 2. The SMILES string of the molecule is CC(C)C(CN)C(=O)NC(c1ccccc1)C(C)(C)C. The van der Waals surface area contributed by atoms with Gasteiger partial charge in [0.1, 0.15) is 0 Å². The minimum atomic E-state index is -0.136. The number of carbonyl (C=O) groups is 1. The second-order valence-corrected chi connectivity index (χ2v) is 6.80. The third kappa shape index (κ3) is 4.34. The molecule has 2 atom stereocenters. The van der Waals surface area contributed by atoms with Crippen molar-refractivity contribution in [1.82, 2.24) is 5.32 Å². The summed E-state index contributed by atoms with van der Waals surface area (Å²) in [5.41, 5.74) is 6.82. The van der Waals surface area contributed by atoms with Crippen molar-refractivity contribution in [2.75, 3.05) is 6.54 Å². The smallest absolute Gasteiger partial charge is 0.225 e. The van der Waals surface area contributed by atoms with Crippen molar-refractivity contribution in [3.05, 3.63) is 35.9 Å². The maximum absolute atomic E-state index is 12.5. The molecule has 0 saturated carbocycles. The second-order valence-electron chi connectivity index (χ2n) is 6.80. The topological polar surface area (TPSA) is 55.1 Å².